The summed E-state index contributed by atoms with van der Waals surface area (Å²) >= 11 is 0.375. The molecular weight excluding hydrogens is 857 g/mol. The molecule has 16 nitrogen and oxygen atoms in total. The number of fused-ring (bicyclic) bond motifs is 3. The third-order valence-electron chi connectivity index (χ3n) is 7.64. The summed E-state index contributed by atoms with van der Waals surface area (Å²) in [5.41, 5.74) is 0.592. The van der Waals surface area contributed by atoms with E-state index in [1.807, 2.05) is 0 Å². The number of hydrogen-bond donors (Lipinski definition) is 2. The molecule has 0 saturated carbocycles. The molecule has 0 aromatic heterocycles. The van der Waals surface area contributed by atoms with E-state index in [-0.39, 0.29) is 167 Å². The van der Waals surface area contributed by atoms with Gasteiger partial charge >= 0.3 is 118 Å². The Balaban J connectivity index is 0.00000271. The Bertz CT molecular complexity index is 2830. The van der Waals surface area contributed by atoms with Crippen molar-refractivity contribution < 1.29 is 181 Å². The zero-order valence-corrected chi connectivity index (χ0v) is 40.9. The maximum Gasteiger partial charge on any atom is 1.00 e. The van der Waals surface area contributed by atoms with Crippen molar-refractivity contribution in [1.29, 1.82) is 0 Å². The van der Waals surface area contributed by atoms with Gasteiger partial charge in [-0.3, -0.25) is 14.6 Å². The number of carbonyl (C=O) groups is 2. The molecule has 0 aliphatic heterocycles. The molecule has 6 aromatic rings. The Morgan fingerprint density at radius 2 is 0.982 bits per heavy atom. The van der Waals surface area contributed by atoms with Gasteiger partial charge < -0.3 is 29.5 Å². The van der Waals surface area contributed by atoms with Gasteiger partial charge in [-0.25, -0.2) is 25.3 Å². The fourth-order valence-corrected chi connectivity index (χ4v) is 7.95. The SMILES string of the molecule is O=C(Nc1ccc2c(S(=O)(=O)[O-])cc(SOO[O-])cc2c1)c1ccc2ccc(C(=O)Nc3ccc4c(S(=O)(=O)[O-])cc(S(=O)(=O)[O-])cc4c3)cc2c1.[Na+].[Na+].[Na+].[Na+]. The molecule has 0 bridgehead atoms. The van der Waals surface area contributed by atoms with Gasteiger partial charge in [0.05, 0.1) is 26.7 Å². The average molecular weight is 875 g/mol. The first-order valence-electron chi connectivity index (χ1n) is 14.2. The van der Waals surface area contributed by atoms with E-state index < -0.39 is 56.9 Å². The van der Waals surface area contributed by atoms with Gasteiger partial charge in [-0.1, -0.05) is 24.3 Å². The van der Waals surface area contributed by atoms with Crippen molar-refractivity contribution in [2.45, 2.75) is 19.6 Å². The van der Waals surface area contributed by atoms with E-state index in [0.717, 1.165) is 12.1 Å². The monoisotopic (exact) mass is 874 g/mol. The van der Waals surface area contributed by atoms with Crippen molar-refractivity contribution in [3.8, 4) is 0 Å². The molecule has 2 N–H and O–H groups in total. The Morgan fingerprint density at radius 3 is 1.43 bits per heavy atom. The molecule has 0 aliphatic rings. The summed E-state index contributed by atoms with van der Waals surface area (Å²) in [5, 5.41) is 19.9. The van der Waals surface area contributed by atoms with Crippen LogP contribution in [0.2, 0.25) is 0 Å². The minimum atomic E-state index is -5.18. The minimum Gasteiger partial charge on any atom is -0.744 e. The summed E-state index contributed by atoms with van der Waals surface area (Å²) in [6.07, 6.45) is 0. The van der Waals surface area contributed by atoms with Gasteiger partial charge in [0.1, 0.15) is 30.4 Å². The summed E-state index contributed by atoms with van der Waals surface area (Å²) in [6.45, 7) is 0. The predicted molar refractivity (Wildman–Crippen MR) is 180 cm³/mol. The molecule has 24 heteroatoms. The summed E-state index contributed by atoms with van der Waals surface area (Å²) < 4.78 is 110. The molecule has 0 atom stereocenters. The second-order valence-electron chi connectivity index (χ2n) is 11.0. The van der Waals surface area contributed by atoms with Crippen molar-refractivity contribution in [2.24, 2.45) is 0 Å². The minimum absolute atomic E-state index is 0. The van der Waals surface area contributed by atoms with E-state index in [4.69, 9.17) is 0 Å². The van der Waals surface area contributed by atoms with E-state index in [1.54, 1.807) is 12.1 Å². The van der Waals surface area contributed by atoms with Gasteiger partial charge in [-0.2, -0.15) is 4.33 Å². The summed E-state index contributed by atoms with van der Waals surface area (Å²) in [4.78, 5) is 24.1. The van der Waals surface area contributed by atoms with E-state index >= 15 is 0 Å². The Kier molecular flexibility index (Phi) is 18.7. The smallest absolute Gasteiger partial charge is 0.744 e. The topological polar surface area (TPSA) is 271 Å². The fraction of sp³-hybridized carbons (Fsp3) is 0. The second-order valence-corrected chi connectivity index (χ2v) is 15.8. The van der Waals surface area contributed by atoms with Crippen LogP contribution in [0, 0.1) is 0 Å². The van der Waals surface area contributed by atoms with Crippen molar-refractivity contribution in [3.05, 3.63) is 108 Å². The van der Waals surface area contributed by atoms with Crippen molar-refractivity contribution >= 4 is 97.9 Å². The summed E-state index contributed by atoms with van der Waals surface area (Å²) in [6, 6.07) is 20.8. The van der Waals surface area contributed by atoms with Crippen LogP contribution in [-0.2, 0) is 39.7 Å². The molecule has 0 aliphatic carbocycles. The van der Waals surface area contributed by atoms with Crippen LogP contribution in [0.5, 0.6) is 0 Å². The molecule has 0 fully saturated rings. The van der Waals surface area contributed by atoms with Crippen LogP contribution in [0.1, 0.15) is 20.7 Å². The first-order chi connectivity index (χ1) is 24.4. The van der Waals surface area contributed by atoms with Crippen molar-refractivity contribution in [2.75, 3.05) is 10.6 Å². The van der Waals surface area contributed by atoms with Crippen molar-refractivity contribution in [3.63, 3.8) is 0 Å². The first kappa shape index (κ1) is 51.1. The molecule has 56 heavy (non-hydrogen) atoms. The predicted octanol–water partition coefficient (Wildman–Crippen LogP) is -8.39. The maximum atomic E-state index is 13.2. The zero-order chi connectivity index (χ0) is 37.6. The van der Waals surface area contributed by atoms with Gasteiger partial charge in [0.25, 0.3) is 11.8 Å². The van der Waals surface area contributed by atoms with Crippen LogP contribution >= 0.6 is 12.0 Å². The Morgan fingerprint density at radius 1 is 0.518 bits per heavy atom. The molecule has 6 aromatic carbocycles. The number of carbonyl (C=O) groups excluding carboxylic acids is 2. The molecule has 0 saturated heterocycles. The maximum absolute atomic E-state index is 13.2. The first-order valence-corrected chi connectivity index (χ1v) is 19.2. The van der Waals surface area contributed by atoms with Crippen LogP contribution < -0.4 is 134 Å². The molecule has 268 valence electrons. The van der Waals surface area contributed by atoms with E-state index in [2.05, 4.69) is 20.0 Å². The number of benzene rings is 6. The molecule has 0 radical (unpaired) electrons. The number of rotatable bonds is 10. The summed E-state index contributed by atoms with van der Waals surface area (Å²) in [7, 11) is -15.3. The number of anilines is 2. The molecule has 6 rings (SSSR count). The van der Waals surface area contributed by atoms with Crippen LogP contribution in [-0.4, -0.2) is 50.7 Å². The number of nitrogens with one attached hydrogen (secondary N) is 2. The van der Waals surface area contributed by atoms with Crippen LogP contribution in [0.15, 0.2) is 117 Å². The third kappa shape index (κ3) is 12.1. The van der Waals surface area contributed by atoms with Crippen LogP contribution in [0.25, 0.3) is 32.3 Å². The molecule has 0 heterocycles. The molecule has 2 amide bonds. The van der Waals surface area contributed by atoms with Gasteiger partial charge in [0.15, 0.2) is 0 Å². The summed E-state index contributed by atoms with van der Waals surface area (Å²) in [5.74, 6) is -1.24. The molecule has 0 unspecified atom stereocenters. The van der Waals surface area contributed by atoms with Crippen LogP contribution in [0.4, 0.5) is 11.4 Å². The van der Waals surface area contributed by atoms with Crippen molar-refractivity contribution in [1.82, 2.24) is 0 Å². The van der Waals surface area contributed by atoms with Gasteiger partial charge in [0, 0.05) is 27.4 Å². The Hall–Kier alpha value is -1.000. The Labute approximate surface area is 411 Å². The van der Waals surface area contributed by atoms with Gasteiger partial charge in [-0.05, 0) is 105 Å². The van der Waals surface area contributed by atoms with E-state index in [0.29, 0.717) is 28.9 Å². The normalized spacial score (nSPS) is 11.4. The third-order valence-corrected chi connectivity index (χ3v) is 10.8. The molecular formula is C32H18N2Na4O14S4. The quantitative estimate of drug-likeness (QED) is 0.0426. The van der Waals surface area contributed by atoms with Gasteiger partial charge in [-0.15, -0.1) is 0 Å². The van der Waals surface area contributed by atoms with Crippen LogP contribution in [0.3, 0.4) is 0 Å². The van der Waals surface area contributed by atoms with E-state index in [9.17, 15) is 53.8 Å². The molecule has 0 spiro atoms. The van der Waals surface area contributed by atoms with E-state index in [1.165, 1.54) is 66.7 Å². The number of hydrogen-bond acceptors (Lipinski definition) is 15. The standard InChI is InChI=1S/C32H22N2O14S4.4Na/c35-31(33-23-5-7-27-21(11-23)13-25(49-48-47-37)15-29(27)51(41,42)43)18-3-1-17-2-4-19(10-20(17)9-18)32(36)34-24-6-8-28-22(12-24)14-26(50(38,39)40)16-30(28)52(44,45)46;;;;/h1-16,37H,(H,33,35)(H,34,36)(H,38,39,40)(H,41,42,43)(H,44,45,46);;;;/q;4*+1/p-4. The zero-order valence-electron chi connectivity index (χ0n) is 29.6. The fourth-order valence-electron chi connectivity index (χ4n) is 5.37. The second kappa shape index (κ2) is 20.5. The van der Waals surface area contributed by atoms with Gasteiger partial charge in [0.2, 0.25) is 0 Å². The number of amides is 2. The average Bonchev–Trinajstić information content (AvgIpc) is 3.07. The largest absolute Gasteiger partial charge is 1.00 e.